The molecule has 0 aliphatic heterocycles. The Kier molecular flexibility index (Phi) is 5.36. The maximum Gasteiger partial charge on any atom is 0.284 e. The second kappa shape index (κ2) is 6.81. The van der Waals surface area contributed by atoms with E-state index in [2.05, 4.69) is 22.4 Å². The van der Waals surface area contributed by atoms with Crippen LogP contribution in [0.15, 0.2) is 0 Å². The predicted molar refractivity (Wildman–Crippen MR) is 65.9 cm³/mol. The topological polar surface area (TPSA) is 81.9 Å². The summed E-state index contributed by atoms with van der Waals surface area (Å²) in [6.45, 7) is 3.27. The third-order valence-electron chi connectivity index (χ3n) is 2.04. The molecule has 0 spiro atoms. The van der Waals surface area contributed by atoms with Gasteiger partial charge in [-0.3, -0.25) is 4.79 Å². The summed E-state index contributed by atoms with van der Waals surface area (Å²) in [7, 11) is 1.65. The maximum atomic E-state index is 11.8. The second-order valence-electron chi connectivity index (χ2n) is 3.47. The van der Waals surface area contributed by atoms with Crippen LogP contribution in [0.2, 0.25) is 0 Å². The van der Waals surface area contributed by atoms with Crippen molar-refractivity contribution in [2.24, 2.45) is 0 Å². The lowest BCUT2D eigenvalue weighted by Gasteiger charge is -2.12. The Hall–Kier alpha value is -1.68. The van der Waals surface area contributed by atoms with Crippen molar-refractivity contribution in [1.82, 2.24) is 15.1 Å². The third-order valence-corrected chi connectivity index (χ3v) is 2.91. The van der Waals surface area contributed by atoms with Crippen molar-refractivity contribution in [1.29, 1.82) is 5.26 Å². The van der Waals surface area contributed by atoms with Crippen LogP contribution in [0.5, 0.6) is 0 Å². The van der Waals surface area contributed by atoms with Crippen molar-refractivity contribution in [2.75, 3.05) is 25.5 Å². The van der Waals surface area contributed by atoms with Gasteiger partial charge < -0.3 is 10.2 Å². The lowest BCUT2D eigenvalue weighted by atomic mass is 10.4. The van der Waals surface area contributed by atoms with Crippen LogP contribution in [0.1, 0.15) is 29.6 Å². The van der Waals surface area contributed by atoms with Gasteiger partial charge >= 0.3 is 0 Å². The molecular formula is C10H15N5OS. The average Bonchev–Trinajstić information content (AvgIpc) is 2.81. The largest absolute Gasteiger partial charge is 0.360 e. The Morgan fingerprint density at radius 2 is 2.35 bits per heavy atom. The van der Waals surface area contributed by atoms with E-state index in [0.29, 0.717) is 23.1 Å². The fourth-order valence-corrected chi connectivity index (χ4v) is 1.86. The molecule has 0 aliphatic carbocycles. The first-order valence-corrected chi connectivity index (χ1v) is 6.20. The molecule has 7 heteroatoms. The number of carbonyl (C=O) groups excluding carboxylic acids is 1. The van der Waals surface area contributed by atoms with E-state index in [9.17, 15) is 4.79 Å². The van der Waals surface area contributed by atoms with E-state index in [1.54, 1.807) is 7.05 Å². The first-order valence-electron chi connectivity index (χ1n) is 5.38. The Labute approximate surface area is 104 Å². The zero-order chi connectivity index (χ0) is 12.7. The van der Waals surface area contributed by atoms with Gasteiger partial charge in [-0.15, -0.1) is 10.2 Å². The van der Waals surface area contributed by atoms with Crippen molar-refractivity contribution in [3.05, 3.63) is 5.01 Å². The molecule has 0 atom stereocenters. The summed E-state index contributed by atoms with van der Waals surface area (Å²) >= 11 is 1.24. The van der Waals surface area contributed by atoms with Gasteiger partial charge in [-0.05, 0) is 6.42 Å². The van der Waals surface area contributed by atoms with E-state index in [1.165, 1.54) is 16.2 Å². The first-order chi connectivity index (χ1) is 8.19. The minimum atomic E-state index is -0.192. The summed E-state index contributed by atoms with van der Waals surface area (Å²) in [5, 5.41) is 20.2. The lowest BCUT2D eigenvalue weighted by Crippen LogP contribution is -2.27. The minimum absolute atomic E-state index is 0.192. The van der Waals surface area contributed by atoms with Crippen molar-refractivity contribution in [3.63, 3.8) is 0 Å². The van der Waals surface area contributed by atoms with Gasteiger partial charge in [0.25, 0.3) is 5.91 Å². The number of rotatable bonds is 6. The van der Waals surface area contributed by atoms with E-state index in [1.807, 2.05) is 6.07 Å². The number of anilines is 1. The molecule has 92 valence electrons. The number of nitrogens with one attached hydrogen (secondary N) is 1. The van der Waals surface area contributed by atoms with E-state index in [-0.39, 0.29) is 5.91 Å². The zero-order valence-corrected chi connectivity index (χ0v) is 10.8. The van der Waals surface area contributed by atoms with Crippen LogP contribution in [0.4, 0.5) is 5.13 Å². The Bertz CT molecular complexity index is 411. The van der Waals surface area contributed by atoms with Crippen LogP contribution >= 0.6 is 11.3 Å². The smallest absolute Gasteiger partial charge is 0.284 e. The molecule has 1 aromatic heterocycles. The molecule has 1 N–H and O–H groups in total. The molecule has 1 aromatic rings. The van der Waals surface area contributed by atoms with Gasteiger partial charge in [0.2, 0.25) is 10.1 Å². The molecule has 0 aromatic carbocycles. The molecule has 1 rings (SSSR count). The van der Waals surface area contributed by atoms with Crippen molar-refractivity contribution >= 4 is 22.4 Å². The van der Waals surface area contributed by atoms with Gasteiger partial charge in [-0.1, -0.05) is 18.3 Å². The van der Waals surface area contributed by atoms with Crippen LogP contribution < -0.4 is 5.32 Å². The summed E-state index contributed by atoms with van der Waals surface area (Å²) in [5.41, 5.74) is 0. The summed E-state index contributed by atoms with van der Waals surface area (Å²) in [5.74, 6) is -0.192. The number of aromatic nitrogens is 2. The number of nitriles is 1. The quantitative estimate of drug-likeness (QED) is 0.827. The molecule has 17 heavy (non-hydrogen) atoms. The molecule has 1 heterocycles. The van der Waals surface area contributed by atoms with Gasteiger partial charge in [0.05, 0.1) is 12.5 Å². The molecule has 0 fully saturated rings. The number of carbonyl (C=O) groups is 1. The van der Waals surface area contributed by atoms with Gasteiger partial charge in [-0.2, -0.15) is 5.26 Å². The van der Waals surface area contributed by atoms with Crippen molar-refractivity contribution in [2.45, 2.75) is 19.8 Å². The number of amides is 1. The van der Waals surface area contributed by atoms with Crippen LogP contribution in [-0.2, 0) is 0 Å². The molecule has 0 unspecified atom stereocenters. The summed E-state index contributed by atoms with van der Waals surface area (Å²) < 4.78 is 0. The Morgan fingerprint density at radius 3 is 3.00 bits per heavy atom. The predicted octanol–water partition coefficient (Wildman–Crippen LogP) is 1.35. The van der Waals surface area contributed by atoms with Gasteiger partial charge in [0.15, 0.2) is 0 Å². The molecule has 0 aliphatic rings. The Balaban J connectivity index is 2.57. The highest BCUT2D eigenvalue weighted by atomic mass is 32.1. The third kappa shape index (κ3) is 4.00. The minimum Gasteiger partial charge on any atom is -0.360 e. The van der Waals surface area contributed by atoms with Gasteiger partial charge in [0.1, 0.15) is 0 Å². The summed E-state index contributed by atoms with van der Waals surface area (Å²) in [6.07, 6.45) is 1.31. The van der Waals surface area contributed by atoms with Crippen LogP contribution in [0, 0.1) is 11.3 Å². The monoisotopic (exact) mass is 253 g/mol. The standard InChI is InChI=1S/C10H15N5OS/c1-3-6-12-10-14-13-8(17-10)9(16)15(2)7-4-5-11/h3-4,6-7H2,1-2H3,(H,12,14). The van der Waals surface area contributed by atoms with Crippen LogP contribution in [0.3, 0.4) is 0 Å². The second-order valence-corrected chi connectivity index (χ2v) is 4.45. The van der Waals surface area contributed by atoms with Gasteiger partial charge in [0, 0.05) is 20.1 Å². The maximum absolute atomic E-state index is 11.8. The normalized spacial score (nSPS) is 9.71. The highest BCUT2D eigenvalue weighted by Gasteiger charge is 2.16. The summed E-state index contributed by atoms with van der Waals surface area (Å²) in [6, 6.07) is 2.00. The number of nitrogens with zero attached hydrogens (tertiary/aromatic N) is 4. The Morgan fingerprint density at radius 1 is 1.59 bits per heavy atom. The van der Waals surface area contributed by atoms with Gasteiger partial charge in [-0.25, -0.2) is 0 Å². The number of hydrogen-bond donors (Lipinski definition) is 1. The highest BCUT2D eigenvalue weighted by Crippen LogP contribution is 2.16. The van der Waals surface area contributed by atoms with Crippen LogP contribution in [-0.4, -0.2) is 41.1 Å². The number of hydrogen-bond acceptors (Lipinski definition) is 6. The van der Waals surface area contributed by atoms with E-state index < -0.39 is 0 Å². The SMILES string of the molecule is CCCNc1nnc(C(=O)N(C)CCC#N)s1. The fraction of sp³-hybridized carbons (Fsp3) is 0.600. The first kappa shape index (κ1) is 13.4. The van der Waals surface area contributed by atoms with E-state index in [0.717, 1.165) is 13.0 Å². The molecule has 1 amide bonds. The molecular weight excluding hydrogens is 238 g/mol. The average molecular weight is 253 g/mol. The highest BCUT2D eigenvalue weighted by molar-refractivity contribution is 7.17. The van der Waals surface area contributed by atoms with Crippen molar-refractivity contribution < 1.29 is 4.79 Å². The zero-order valence-electron chi connectivity index (χ0n) is 9.93. The molecule has 0 radical (unpaired) electrons. The molecule has 0 saturated heterocycles. The van der Waals surface area contributed by atoms with Crippen LogP contribution in [0.25, 0.3) is 0 Å². The lowest BCUT2D eigenvalue weighted by molar-refractivity contribution is 0.0797. The van der Waals surface area contributed by atoms with Crippen molar-refractivity contribution in [3.8, 4) is 6.07 Å². The van der Waals surface area contributed by atoms with E-state index >= 15 is 0 Å². The summed E-state index contributed by atoms with van der Waals surface area (Å²) in [4.78, 5) is 13.3. The van der Waals surface area contributed by atoms with E-state index in [4.69, 9.17) is 5.26 Å². The molecule has 0 saturated carbocycles. The fourth-order valence-electron chi connectivity index (χ4n) is 1.10. The molecule has 0 bridgehead atoms. The molecule has 6 nitrogen and oxygen atoms in total.